The Balaban J connectivity index is 1.28. The first-order valence-corrected chi connectivity index (χ1v) is 10.4. The normalized spacial score (nSPS) is 15.8. The zero-order chi connectivity index (χ0) is 18.2. The van der Waals surface area contributed by atoms with E-state index in [1.165, 1.54) is 12.8 Å². The van der Waals surface area contributed by atoms with Crippen molar-refractivity contribution in [3.63, 3.8) is 0 Å². The fraction of sp³-hybridized carbons (Fsp3) is 0.524. The smallest absolute Gasteiger partial charge is 0.184 e. The van der Waals surface area contributed by atoms with Gasteiger partial charge in [0.15, 0.2) is 11.5 Å². The van der Waals surface area contributed by atoms with E-state index in [-0.39, 0.29) is 5.78 Å². The molecule has 3 heterocycles. The SMILES string of the molecule is C#CC1CCN(CCCCCCC(=O)c2cc(-c3cccs3)on2)CC1. The van der Waals surface area contributed by atoms with Crippen molar-refractivity contribution >= 4 is 17.1 Å². The molecule has 3 rings (SSSR count). The monoisotopic (exact) mass is 370 g/mol. The number of unbranched alkanes of at least 4 members (excludes halogenated alkanes) is 3. The number of carbonyl (C=O) groups is 1. The van der Waals surface area contributed by atoms with E-state index >= 15 is 0 Å². The summed E-state index contributed by atoms with van der Waals surface area (Å²) < 4.78 is 5.28. The van der Waals surface area contributed by atoms with Crippen molar-refractivity contribution in [2.75, 3.05) is 19.6 Å². The van der Waals surface area contributed by atoms with Crippen LogP contribution in [-0.4, -0.2) is 35.5 Å². The van der Waals surface area contributed by atoms with Gasteiger partial charge in [0.25, 0.3) is 0 Å². The molecule has 5 heteroatoms. The van der Waals surface area contributed by atoms with Crippen LogP contribution in [-0.2, 0) is 0 Å². The fourth-order valence-corrected chi connectivity index (χ4v) is 4.04. The highest BCUT2D eigenvalue weighted by Gasteiger charge is 2.17. The van der Waals surface area contributed by atoms with E-state index in [1.807, 2.05) is 17.5 Å². The molecule has 2 aromatic heterocycles. The molecule has 1 aliphatic heterocycles. The Kier molecular flexibility index (Phi) is 7.04. The first-order chi connectivity index (χ1) is 12.8. The Labute approximate surface area is 159 Å². The van der Waals surface area contributed by atoms with Crippen LogP contribution < -0.4 is 0 Å². The molecule has 26 heavy (non-hydrogen) atoms. The zero-order valence-corrected chi connectivity index (χ0v) is 16.0. The molecule has 0 unspecified atom stereocenters. The van der Waals surface area contributed by atoms with E-state index in [0.29, 0.717) is 23.8 Å². The molecule has 0 aliphatic carbocycles. The molecule has 0 radical (unpaired) electrons. The summed E-state index contributed by atoms with van der Waals surface area (Å²) in [6.07, 6.45) is 12.7. The van der Waals surface area contributed by atoms with Crippen molar-refractivity contribution < 1.29 is 9.32 Å². The zero-order valence-electron chi connectivity index (χ0n) is 15.2. The Morgan fingerprint density at radius 2 is 2.12 bits per heavy atom. The van der Waals surface area contributed by atoms with E-state index < -0.39 is 0 Å². The number of aromatic nitrogens is 1. The summed E-state index contributed by atoms with van der Waals surface area (Å²) >= 11 is 1.58. The van der Waals surface area contributed by atoms with Gasteiger partial charge in [-0.2, -0.15) is 0 Å². The van der Waals surface area contributed by atoms with Crippen molar-refractivity contribution in [2.45, 2.75) is 44.9 Å². The average molecular weight is 371 g/mol. The maximum absolute atomic E-state index is 12.2. The van der Waals surface area contributed by atoms with Crippen LogP contribution in [0.4, 0.5) is 0 Å². The van der Waals surface area contributed by atoms with Gasteiger partial charge in [0.05, 0.1) is 4.88 Å². The van der Waals surface area contributed by atoms with E-state index in [0.717, 1.165) is 50.2 Å². The van der Waals surface area contributed by atoms with Gasteiger partial charge in [0.1, 0.15) is 5.69 Å². The summed E-state index contributed by atoms with van der Waals surface area (Å²) in [5.74, 6) is 4.11. The van der Waals surface area contributed by atoms with Crippen LogP contribution in [0.25, 0.3) is 10.6 Å². The van der Waals surface area contributed by atoms with E-state index in [4.69, 9.17) is 10.9 Å². The van der Waals surface area contributed by atoms with Crippen LogP contribution >= 0.6 is 11.3 Å². The summed E-state index contributed by atoms with van der Waals surface area (Å²) in [6, 6.07) is 5.68. The lowest BCUT2D eigenvalue weighted by molar-refractivity contribution is 0.0970. The molecule has 0 atom stereocenters. The molecule has 1 fully saturated rings. The molecule has 0 N–H and O–H groups in total. The van der Waals surface area contributed by atoms with Crippen LogP contribution in [0.5, 0.6) is 0 Å². The quantitative estimate of drug-likeness (QED) is 0.358. The standard InChI is InChI=1S/C21H26N2O2S/c1-2-17-10-13-23(14-11-17)12-6-4-3-5-8-19(24)18-16-20(25-22-18)21-9-7-15-26-21/h1,7,9,15-17H,3-6,8,10-14H2. The second-order valence-electron chi connectivity index (χ2n) is 6.92. The minimum atomic E-state index is 0.0768. The summed E-state index contributed by atoms with van der Waals surface area (Å²) in [5, 5.41) is 5.91. The lowest BCUT2D eigenvalue weighted by Crippen LogP contribution is -2.33. The average Bonchev–Trinajstić information content (AvgIpc) is 3.36. The van der Waals surface area contributed by atoms with Gasteiger partial charge in [0.2, 0.25) is 0 Å². The summed E-state index contributed by atoms with van der Waals surface area (Å²) in [4.78, 5) is 15.7. The minimum absolute atomic E-state index is 0.0768. The van der Waals surface area contributed by atoms with Gasteiger partial charge < -0.3 is 9.42 Å². The second kappa shape index (κ2) is 9.70. The molecule has 0 saturated carbocycles. The molecular weight excluding hydrogens is 344 g/mol. The lowest BCUT2D eigenvalue weighted by atomic mass is 9.97. The number of terminal acetylenes is 1. The molecule has 0 aromatic carbocycles. The predicted molar refractivity (Wildman–Crippen MR) is 105 cm³/mol. The van der Waals surface area contributed by atoms with E-state index in [1.54, 1.807) is 17.4 Å². The Morgan fingerprint density at radius 1 is 1.31 bits per heavy atom. The summed E-state index contributed by atoms with van der Waals surface area (Å²) in [7, 11) is 0. The molecule has 0 spiro atoms. The molecule has 0 amide bonds. The van der Waals surface area contributed by atoms with E-state index in [2.05, 4.69) is 16.0 Å². The molecule has 1 saturated heterocycles. The number of Topliss-reactive ketones (excluding diaryl/α,β-unsaturated/α-hetero) is 1. The van der Waals surface area contributed by atoms with Crippen molar-refractivity contribution in [1.82, 2.24) is 10.1 Å². The Bertz CT molecular complexity index is 722. The van der Waals surface area contributed by atoms with Gasteiger partial charge in [-0.15, -0.1) is 23.7 Å². The second-order valence-corrected chi connectivity index (χ2v) is 7.87. The van der Waals surface area contributed by atoms with Crippen molar-refractivity contribution in [3.8, 4) is 23.0 Å². The lowest BCUT2D eigenvalue weighted by Gasteiger charge is -2.29. The Morgan fingerprint density at radius 3 is 2.85 bits per heavy atom. The third kappa shape index (κ3) is 5.30. The number of ketones is 1. The summed E-state index contributed by atoms with van der Waals surface area (Å²) in [5.41, 5.74) is 0.449. The highest BCUT2D eigenvalue weighted by molar-refractivity contribution is 7.13. The van der Waals surface area contributed by atoms with Gasteiger partial charge in [-0.1, -0.05) is 24.1 Å². The topological polar surface area (TPSA) is 46.3 Å². The third-order valence-electron chi connectivity index (χ3n) is 5.01. The number of piperidine rings is 1. The van der Waals surface area contributed by atoms with Crippen LogP contribution in [0, 0.1) is 18.3 Å². The predicted octanol–water partition coefficient (Wildman–Crippen LogP) is 4.88. The van der Waals surface area contributed by atoms with Crippen molar-refractivity contribution in [1.29, 1.82) is 0 Å². The van der Waals surface area contributed by atoms with Crippen LogP contribution in [0.1, 0.15) is 55.4 Å². The maximum Gasteiger partial charge on any atom is 0.184 e. The molecule has 2 aromatic rings. The molecule has 138 valence electrons. The largest absolute Gasteiger partial charge is 0.355 e. The van der Waals surface area contributed by atoms with Gasteiger partial charge in [0, 0.05) is 18.4 Å². The van der Waals surface area contributed by atoms with Gasteiger partial charge in [-0.25, -0.2) is 0 Å². The van der Waals surface area contributed by atoms with Crippen LogP contribution in [0.15, 0.2) is 28.1 Å². The molecule has 1 aliphatic rings. The number of rotatable bonds is 9. The van der Waals surface area contributed by atoms with E-state index in [9.17, 15) is 4.79 Å². The number of nitrogens with zero attached hydrogens (tertiary/aromatic N) is 2. The third-order valence-corrected chi connectivity index (χ3v) is 5.90. The van der Waals surface area contributed by atoms with Gasteiger partial charge >= 0.3 is 0 Å². The number of thiophene rings is 1. The van der Waals surface area contributed by atoms with Crippen molar-refractivity contribution in [3.05, 3.63) is 29.3 Å². The number of likely N-dealkylation sites (tertiary alicyclic amines) is 1. The maximum atomic E-state index is 12.2. The Hall–Kier alpha value is -1.90. The minimum Gasteiger partial charge on any atom is -0.355 e. The van der Waals surface area contributed by atoms with Crippen molar-refractivity contribution in [2.24, 2.45) is 5.92 Å². The highest BCUT2D eigenvalue weighted by atomic mass is 32.1. The molecule has 0 bridgehead atoms. The number of hydrogen-bond acceptors (Lipinski definition) is 5. The summed E-state index contributed by atoms with van der Waals surface area (Å²) in [6.45, 7) is 3.41. The first kappa shape index (κ1) is 18.9. The van der Waals surface area contributed by atoms with Crippen LogP contribution in [0.2, 0.25) is 0 Å². The number of carbonyl (C=O) groups excluding carboxylic acids is 1. The molecule has 4 nitrogen and oxygen atoms in total. The molecular formula is C21H26N2O2S. The van der Waals surface area contributed by atoms with Gasteiger partial charge in [-0.3, -0.25) is 4.79 Å². The first-order valence-electron chi connectivity index (χ1n) is 9.48. The highest BCUT2D eigenvalue weighted by Crippen LogP contribution is 2.25. The fourth-order valence-electron chi connectivity index (χ4n) is 3.37. The van der Waals surface area contributed by atoms with Crippen LogP contribution in [0.3, 0.4) is 0 Å². The van der Waals surface area contributed by atoms with Gasteiger partial charge in [-0.05, 0) is 56.8 Å². The number of hydrogen-bond donors (Lipinski definition) is 0.